The predicted molar refractivity (Wildman–Crippen MR) is 103 cm³/mol. The van der Waals surface area contributed by atoms with Crippen molar-refractivity contribution in [1.82, 2.24) is 0 Å². The van der Waals surface area contributed by atoms with Gasteiger partial charge >= 0.3 is 5.97 Å². The first-order valence-corrected chi connectivity index (χ1v) is 11.4. The fourth-order valence-electron chi connectivity index (χ4n) is 3.16. The molecule has 32 heavy (non-hydrogen) atoms. The Balaban J connectivity index is 2.49. The highest BCUT2D eigenvalue weighted by Crippen LogP contribution is 2.33. The number of hydrogen-bond acceptors (Lipinski definition) is 8. The molecule has 0 saturated heterocycles. The van der Waals surface area contributed by atoms with Crippen LogP contribution in [0, 0.1) is 5.92 Å². The van der Waals surface area contributed by atoms with Gasteiger partial charge in [-0.2, -0.15) is 0 Å². The second-order valence-electron chi connectivity index (χ2n) is 6.98. The molecule has 3 unspecified atom stereocenters. The van der Waals surface area contributed by atoms with E-state index in [2.05, 4.69) is 4.74 Å². The summed E-state index contributed by atoms with van der Waals surface area (Å²) in [6.07, 6.45) is -7.48. The second-order valence-corrected chi connectivity index (χ2v) is 9.34. The maximum atomic E-state index is 13.2. The molecule has 1 saturated carbocycles. The lowest BCUT2D eigenvalue weighted by Gasteiger charge is -2.26. The summed E-state index contributed by atoms with van der Waals surface area (Å²) in [6, 6.07) is 1.85. The Hall–Kier alpha value is -2.31. The number of carbonyl (C=O) groups is 4. The van der Waals surface area contributed by atoms with Crippen molar-refractivity contribution in [3.8, 4) is 0 Å². The van der Waals surface area contributed by atoms with Gasteiger partial charge in [0, 0.05) is 30.7 Å². The zero-order valence-corrected chi connectivity index (χ0v) is 18.3. The van der Waals surface area contributed by atoms with E-state index in [0.717, 1.165) is 25.3 Å². The third kappa shape index (κ3) is 5.73. The van der Waals surface area contributed by atoms with Crippen LogP contribution in [0.5, 0.6) is 0 Å². The van der Waals surface area contributed by atoms with Crippen molar-refractivity contribution >= 4 is 44.8 Å². The molecule has 1 aliphatic carbocycles. The van der Waals surface area contributed by atoms with Crippen molar-refractivity contribution < 1.29 is 50.2 Å². The van der Waals surface area contributed by atoms with Crippen LogP contribution in [0.1, 0.15) is 35.7 Å². The van der Waals surface area contributed by atoms with Crippen molar-refractivity contribution in [3.05, 3.63) is 28.3 Å². The average molecular weight is 499 g/mol. The van der Waals surface area contributed by atoms with Gasteiger partial charge in [-0.25, -0.2) is 21.6 Å². The summed E-state index contributed by atoms with van der Waals surface area (Å²) >= 11 is 6.13. The summed E-state index contributed by atoms with van der Waals surface area (Å²) in [7, 11) is -4.01. The summed E-state index contributed by atoms with van der Waals surface area (Å²) in [4.78, 5) is 48.5. The molecule has 1 aromatic carbocycles. The lowest BCUT2D eigenvalue weighted by Crippen LogP contribution is -2.45. The van der Waals surface area contributed by atoms with Crippen molar-refractivity contribution in [3.63, 3.8) is 0 Å². The Morgan fingerprint density at radius 1 is 1.22 bits per heavy atom. The number of alkyl halides is 3. The molecular weight excluding hydrogens is 481 g/mol. The molecule has 0 spiro atoms. The van der Waals surface area contributed by atoms with E-state index in [1.54, 1.807) is 0 Å². The summed E-state index contributed by atoms with van der Waals surface area (Å²) in [6.45, 7) is 0.0155. The van der Waals surface area contributed by atoms with Crippen molar-refractivity contribution in [2.75, 3.05) is 6.26 Å². The maximum absolute atomic E-state index is 13.2. The van der Waals surface area contributed by atoms with Gasteiger partial charge in [0.25, 0.3) is 12.8 Å². The topological polar surface area (TPSA) is 121 Å². The number of ketones is 3. The van der Waals surface area contributed by atoms with Crippen LogP contribution >= 0.6 is 11.6 Å². The first kappa shape index (κ1) is 25.9. The van der Waals surface area contributed by atoms with Crippen LogP contribution in [0.3, 0.4) is 0 Å². The van der Waals surface area contributed by atoms with E-state index < -0.39 is 85.6 Å². The fraction of sp³-hybridized carbons (Fsp3) is 0.474. The third-order valence-electron chi connectivity index (χ3n) is 4.60. The number of ether oxygens (including phenoxy) is 2. The van der Waals surface area contributed by atoms with E-state index >= 15 is 0 Å². The molecule has 8 nitrogen and oxygen atoms in total. The van der Waals surface area contributed by atoms with Gasteiger partial charge in [-0.1, -0.05) is 11.6 Å². The van der Waals surface area contributed by atoms with Gasteiger partial charge in [-0.15, -0.1) is 0 Å². The molecule has 0 heterocycles. The molecule has 0 radical (unpaired) electrons. The van der Waals surface area contributed by atoms with Crippen molar-refractivity contribution in [2.45, 2.75) is 50.2 Å². The fourth-order valence-corrected chi connectivity index (χ4v) is 4.46. The Labute approximate surface area is 185 Å². The molecule has 3 atom stereocenters. The number of sulfone groups is 1. The molecule has 13 heteroatoms. The molecule has 0 N–H and O–H groups in total. The predicted octanol–water partition coefficient (Wildman–Crippen LogP) is 2.48. The summed E-state index contributed by atoms with van der Waals surface area (Å²) < 4.78 is 71.2. The van der Waals surface area contributed by atoms with Gasteiger partial charge in [0.2, 0.25) is 0 Å². The van der Waals surface area contributed by atoms with Gasteiger partial charge in [-0.05, 0) is 18.6 Å². The minimum atomic E-state index is -4.01. The minimum absolute atomic E-state index is 0.105. The molecule has 0 bridgehead atoms. The van der Waals surface area contributed by atoms with Crippen LogP contribution < -0.4 is 0 Å². The molecule has 1 aromatic rings. The standard InChI is InChI=1S/C19H18ClF3O8S/c1-8(24)31-12-5-4-11(25)14(17(12)27)16(26)9-3-6-13(32(2,28)29)10(15(9)20)7-30-19(23)18(21)22/h3,6,12,14,18-19H,4-5,7H2,1-2H3. The van der Waals surface area contributed by atoms with Crippen LogP contribution in [0.15, 0.2) is 17.0 Å². The SMILES string of the molecule is CC(=O)OC1CCC(=O)C(C(=O)c2ccc(S(C)(=O)=O)c(COC(F)C(F)F)c2Cl)C1=O. The number of rotatable bonds is 8. The monoisotopic (exact) mass is 498 g/mol. The third-order valence-corrected chi connectivity index (χ3v) is 6.21. The minimum Gasteiger partial charge on any atom is -0.454 e. The smallest absolute Gasteiger partial charge is 0.303 e. The van der Waals surface area contributed by atoms with Crippen LogP contribution in [0.25, 0.3) is 0 Å². The van der Waals surface area contributed by atoms with Crippen LogP contribution in [0.2, 0.25) is 5.02 Å². The van der Waals surface area contributed by atoms with E-state index in [9.17, 15) is 40.8 Å². The van der Waals surface area contributed by atoms with Gasteiger partial charge in [0.05, 0.1) is 16.5 Å². The molecule has 0 aromatic heterocycles. The molecule has 176 valence electrons. The van der Waals surface area contributed by atoms with Gasteiger partial charge in [0.1, 0.15) is 5.92 Å². The largest absolute Gasteiger partial charge is 0.454 e. The Morgan fingerprint density at radius 2 is 1.84 bits per heavy atom. The molecule has 1 fully saturated rings. The lowest BCUT2D eigenvalue weighted by molar-refractivity contribution is -0.158. The first-order valence-electron chi connectivity index (χ1n) is 9.08. The first-order chi connectivity index (χ1) is 14.8. The molecule has 2 rings (SSSR count). The lowest BCUT2D eigenvalue weighted by atomic mass is 9.80. The van der Waals surface area contributed by atoms with Gasteiger partial charge < -0.3 is 9.47 Å². The normalized spacial score (nSPS) is 20.3. The maximum Gasteiger partial charge on any atom is 0.303 e. The van der Waals surface area contributed by atoms with Gasteiger partial charge in [0.15, 0.2) is 33.3 Å². The molecule has 0 amide bonds. The number of Topliss-reactive ketones (excluding diaryl/α,β-unsaturated/α-hetero) is 3. The van der Waals surface area contributed by atoms with E-state index in [-0.39, 0.29) is 12.8 Å². The summed E-state index contributed by atoms with van der Waals surface area (Å²) in [5, 5.41) is -0.602. The average Bonchev–Trinajstić information content (AvgIpc) is 2.67. The van der Waals surface area contributed by atoms with Crippen LogP contribution in [-0.4, -0.2) is 56.9 Å². The summed E-state index contributed by atoms with van der Waals surface area (Å²) in [5.74, 6) is -5.49. The number of esters is 1. The zero-order valence-electron chi connectivity index (χ0n) is 16.8. The number of carbonyl (C=O) groups excluding carboxylic acids is 4. The van der Waals surface area contributed by atoms with Crippen LogP contribution in [0.4, 0.5) is 13.2 Å². The highest BCUT2D eigenvalue weighted by Gasteiger charge is 2.44. The van der Waals surface area contributed by atoms with E-state index in [0.29, 0.717) is 0 Å². The number of hydrogen-bond donors (Lipinski definition) is 0. The van der Waals surface area contributed by atoms with Gasteiger partial charge in [-0.3, -0.25) is 19.2 Å². The second kappa shape index (κ2) is 10.1. The highest BCUT2D eigenvalue weighted by molar-refractivity contribution is 7.90. The number of halogens is 4. The van der Waals surface area contributed by atoms with Crippen molar-refractivity contribution in [1.29, 1.82) is 0 Å². The zero-order chi connectivity index (χ0) is 24.4. The Bertz CT molecular complexity index is 1060. The Kier molecular flexibility index (Phi) is 8.18. The molecule has 1 aliphatic rings. The van der Waals surface area contributed by atoms with E-state index in [1.807, 2.05) is 0 Å². The molecule has 0 aliphatic heterocycles. The van der Waals surface area contributed by atoms with E-state index in [1.165, 1.54) is 0 Å². The Morgan fingerprint density at radius 3 is 2.38 bits per heavy atom. The quantitative estimate of drug-likeness (QED) is 0.304. The van der Waals surface area contributed by atoms with Crippen LogP contribution in [-0.2, 0) is 40.3 Å². The summed E-state index contributed by atoms with van der Waals surface area (Å²) in [5.41, 5.74) is -0.962. The number of benzene rings is 1. The van der Waals surface area contributed by atoms with Crippen molar-refractivity contribution in [2.24, 2.45) is 5.92 Å². The van der Waals surface area contributed by atoms with E-state index in [4.69, 9.17) is 16.3 Å². The molecular formula is C19H18ClF3O8S. The highest BCUT2D eigenvalue weighted by atomic mass is 35.5.